The van der Waals surface area contributed by atoms with Crippen LogP contribution in [0.15, 0.2) is 12.2 Å². The average molecular weight is 239 g/mol. The topological polar surface area (TPSA) is 63.7 Å². The van der Waals surface area contributed by atoms with E-state index in [9.17, 15) is 14.4 Å². The van der Waals surface area contributed by atoms with E-state index >= 15 is 0 Å². The highest BCUT2D eigenvalue weighted by Gasteiger charge is 2.41. The number of ether oxygens (including phenoxy) is 1. The SMILES string of the molecule is CCOC(=O)/C=C/CN1C(=O)C(C)C(C)C1=O. The van der Waals surface area contributed by atoms with Gasteiger partial charge < -0.3 is 4.74 Å². The molecule has 0 radical (unpaired) electrons. The van der Waals surface area contributed by atoms with Gasteiger partial charge in [0.1, 0.15) is 0 Å². The van der Waals surface area contributed by atoms with E-state index in [4.69, 9.17) is 0 Å². The summed E-state index contributed by atoms with van der Waals surface area (Å²) in [6, 6.07) is 0. The number of hydrogen-bond donors (Lipinski definition) is 0. The molecule has 0 N–H and O–H groups in total. The largest absolute Gasteiger partial charge is 0.463 e. The molecule has 0 bridgehead atoms. The van der Waals surface area contributed by atoms with Crippen molar-refractivity contribution in [2.75, 3.05) is 13.2 Å². The van der Waals surface area contributed by atoms with Crippen LogP contribution >= 0.6 is 0 Å². The molecule has 1 aliphatic heterocycles. The number of hydrogen-bond acceptors (Lipinski definition) is 4. The zero-order chi connectivity index (χ0) is 13.0. The summed E-state index contributed by atoms with van der Waals surface area (Å²) in [5, 5.41) is 0. The molecule has 0 aliphatic carbocycles. The van der Waals surface area contributed by atoms with Crippen LogP contribution in [0.2, 0.25) is 0 Å². The molecule has 1 aliphatic rings. The summed E-state index contributed by atoms with van der Waals surface area (Å²) in [6.45, 7) is 5.62. The summed E-state index contributed by atoms with van der Waals surface area (Å²) in [5.41, 5.74) is 0. The fraction of sp³-hybridized carbons (Fsp3) is 0.583. The molecule has 1 saturated heterocycles. The van der Waals surface area contributed by atoms with E-state index in [1.54, 1.807) is 20.8 Å². The minimum absolute atomic E-state index is 0.130. The second-order valence-electron chi connectivity index (χ2n) is 4.02. The Morgan fingerprint density at radius 1 is 1.29 bits per heavy atom. The highest BCUT2D eigenvalue weighted by atomic mass is 16.5. The summed E-state index contributed by atoms with van der Waals surface area (Å²) in [7, 11) is 0. The molecule has 5 heteroatoms. The molecule has 0 aromatic carbocycles. The standard InChI is InChI=1S/C12H17NO4/c1-4-17-10(14)6-5-7-13-11(15)8(2)9(3)12(13)16/h5-6,8-9H,4,7H2,1-3H3/b6-5+. The van der Waals surface area contributed by atoms with Gasteiger partial charge in [0.15, 0.2) is 0 Å². The van der Waals surface area contributed by atoms with Gasteiger partial charge in [-0.2, -0.15) is 0 Å². The van der Waals surface area contributed by atoms with E-state index in [-0.39, 0.29) is 30.2 Å². The maximum Gasteiger partial charge on any atom is 0.330 e. The second-order valence-corrected chi connectivity index (χ2v) is 4.02. The third-order valence-electron chi connectivity index (χ3n) is 2.89. The lowest BCUT2D eigenvalue weighted by atomic mass is 10.00. The maximum absolute atomic E-state index is 11.7. The first-order chi connectivity index (χ1) is 7.99. The smallest absolute Gasteiger partial charge is 0.330 e. The van der Waals surface area contributed by atoms with Gasteiger partial charge in [0.2, 0.25) is 11.8 Å². The van der Waals surface area contributed by atoms with Crippen molar-refractivity contribution in [3.05, 3.63) is 12.2 Å². The Kier molecular flexibility index (Phi) is 4.43. The van der Waals surface area contributed by atoms with Gasteiger partial charge in [-0.15, -0.1) is 0 Å². The van der Waals surface area contributed by atoms with Gasteiger partial charge in [-0.1, -0.05) is 19.9 Å². The number of carbonyl (C=O) groups excluding carboxylic acids is 3. The van der Waals surface area contributed by atoms with Crippen LogP contribution < -0.4 is 0 Å². The fourth-order valence-corrected chi connectivity index (χ4v) is 1.65. The minimum Gasteiger partial charge on any atom is -0.463 e. The van der Waals surface area contributed by atoms with Crippen molar-refractivity contribution in [2.24, 2.45) is 11.8 Å². The molecule has 0 spiro atoms. The Balaban J connectivity index is 2.56. The highest BCUT2D eigenvalue weighted by Crippen LogP contribution is 2.24. The van der Waals surface area contributed by atoms with Crippen LogP contribution in [-0.2, 0) is 19.1 Å². The number of amides is 2. The van der Waals surface area contributed by atoms with E-state index in [0.717, 1.165) is 0 Å². The number of rotatable bonds is 4. The molecule has 1 heterocycles. The van der Waals surface area contributed by atoms with Crippen molar-refractivity contribution >= 4 is 17.8 Å². The monoisotopic (exact) mass is 239 g/mol. The fourth-order valence-electron chi connectivity index (χ4n) is 1.65. The summed E-state index contributed by atoms with van der Waals surface area (Å²) in [5.74, 6) is -1.39. The lowest BCUT2D eigenvalue weighted by Crippen LogP contribution is -2.31. The van der Waals surface area contributed by atoms with Crippen LogP contribution in [0.3, 0.4) is 0 Å². The van der Waals surface area contributed by atoms with Gasteiger partial charge in [-0.05, 0) is 6.92 Å². The van der Waals surface area contributed by atoms with Gasteiger partial charge in [-0.3, -0.25) is 14.5 Å². The van der Waals surface area contributed by atoms with Gasteiger partial charge in [0.05, 0.1) is 6.61 Å². The third kappa shape index (κ3) is 2.93. The Hall–Kier alpha value is -1.65. The number of likely N-dealkylation sites (tertiary alicyclic amines) is 1. The van der Waals surface area contributed by atoms with Crippen LogP contribution in [0.1, 0.15) is 20.8 Å². The Morgan fingerprint density at radius 2 is 1.82 bits per heavy atom. The Labute approximate surface area is 100 Å². The van der Waals surface area contributed by atoms with E-state index in [2.05, 4.69) is 4.74 Å². The first-order valence-corrected chi connectivity index (χ1v) is 5.67. The molecule has 1 rings (SSSR count). The van der Waals surface area contributed by atoms with Crippen molar-refractivity contribution in [3.63, 3.8) is 0 Å². The molecule has 2 amide bonds. The van der Waals surface area contributed by atoms with Crippen molar-refractivity contribution in [1.29, 1.82) is 0 Å². The minimum atomic E-state index is -0.465. The molecule has 17 heavy (non-hydrogen) atoms. The first kappa shape index (κ1) is 13.4. The summed E-state index contributed by atoms with van der Waals surface area (Å²) < 4.78 is 4.69. The first-order valence-electron chi connectivity index (χ1n) is 5.67. The second kappa shape index (κ2) is 5.61. The summed E-state index contributed by atoms with van der Waals surface area (Å²) >= 11 is 0. The molecule has 0 saturated carbocycles. The van der Waals surface area contributed by atoms with Crippen molar-refractivity contribution in [1.82, 2.24) is 4.90 Å². The molecule has 0 aromatic heterocycles. The van der Waals surface area contributed by atoms with Gasteiger partial charge in [0.25, 0.3) is 0 Å². The van der Waals surface area contributed by atoms with E-state index in [1.807, 2.05) is 0 Å². The lowest BCUT2D eigenvalue weighted by Gasteiger charge is -2.10. The molecular formula is C12H17NO4. The molecule has 5 nitrogen and oxygen atoms in total. The Bertz CT molecular complexity index is 342. The third-order valence-corrected chi connectivity index (χ3v) is 2.89. The normalized spacial score (nSPS) is 24.8. The quantitative estimate of drug-likeness (QED) is 0.412. The zero-order valence-electron chi connectivity index (χ0n) is 10.3. The number of imide groups is 1. The van der Waals surface area contributed by atoms with Crippen molar-refractivity contribution < 1.29 is 19.1 Å². The molecule has 2 atom stereocenters. The van der Waals surface area contributed by atoms with Crippen LogP contribution in [0.5, 0.6) is 0 Å². The number of nitrogens with zero attached hydrogens (tertiary/aromatic N) is 1. The molecule has 2 unspecified atom stereocenters. The number of esters is 1. The predicted molar refractivity (Wildman–Crippen MR) is 60.8 cm³/mol. The number of carbonyl (C=O) groups is 3. The van der Waals surface area contributed by atoms with Crippen LogP contribution in [0, 0.1) is 11.8 Å². The van der Waals surface area contributed by atoms with Gasteiger partial charge in [0, 0.05) is 24.5 Å². The molecule has 94 valence electrons. The van der Waals surface area contributed by atoms with Crippen LogP contribution in [0.25, 0.3) is 0 Å². The zero-order valence-corrected chi connectivity index (χ0v) is 10.3. The van der Waals surface area contributed by atoms with E-state index in [0.29, 0.717) is 6.61 Å². The molecular weight excluding hydrogens is 222 g/mol. The average Bonchev–Trinajstić information content (AvgIpc) is 2.47. The van der Waals surface area contributed by atoms with Crippen molar-refractivity contribution in [3.8, 4) is 0 Å². The Morgan fingerprint density at radius 3 is 2.29 bits per heavy atom. The van der Waals surface area contributed by atoms with E-state index < -0.39 is 5.97 Å². The maximum atomic E-state index is 11.7. The van der Waals surface area contributed by atoms with Crippen molar-refractivity contribution in [2.45, 2.75) is 20.8 Å². The predicted octanol–water partition coefficient (Wildman–Crippen LogP) is 0.747. The molecule has 1 fully saturated rings. The molecule has 0 aromatic rings. The van der Waals surface area contributed by atoms with E-state index in [1.165, 1.54) is 17.1 Å². The highest BCUT2D eigenvalue weighted by molar-refractivity contribution is 6.04. The summed E-state index contributed by atoms with van der Waals surface area (Å²) in [4.78, 5) is 35.5. The lowest BCUT2D eigenvalue weighted by molar-refractivity contribution is -0.140. The van der Waals surface area contributed by atoms with Crippen LogP contribution in [0.4, 0.5) is 0 Å². The van der Waals surface area contributed by atoms with Gasteiger partial charge >= 0.3 is 5.97 Å². The van der Waals surface area contributed by atoms with Crippen LogP contribution in [-0.4, -0.2) is 35.8 Å². The van der Waals surface area contributed by atoms with Gasteiger partial charge in [-0.25, -0.2) is 4.79 Å². The summed E-state index contributed by atoms with van der Waals surface area (Å²) in [6.07, 6.45) is 2.70.